The zero-order valence-corrected chi connectivity index (χ0v) is 9.17. The summed E-state index contributed by atoms with van der Waals surface area (Å²) in [6, 6.07) is 0.883. The van der Waals surface area contributed by atoms with Gasteiger partial charge >= 0.3 is 0 Å². The Morgan fingerprint density at radius 3 is 2.71 bits per heavy atom. The van der Waals surface area contributed by atoms with Gasteiger partial charge in [0.05, 0.1) is 0 Å². The molecule has 1 unspecified atom stereocenters. The van der Waals surface area contributed by atoms with E-state index in [0.29, 0.717) is 0 Å². The summed E-state index contributed by atoms with van der Waals surface area (Å²) in [5, 5.41) is 3.43. The van der Waals surface area contributed by atoms with E-state index in [0.717, 1.165) is 6.04 Å². The van der Waals surface area contributed by atoms with Crippen molar-refractivity contribution in [1.29, 1.82) is 0 Å². The van der Waals surface area contributed by atoms with Crippen molar-refractivity contribution in [2.24, 2.45) is 0 Å². The van der Waals surface area contributed by atoms with Crippen molar-refractivity contribution in [1.82, 2.24) is 10.2 Å². The molecule has 2 aliphatic rings. The van der Waals surface area contributed by atoms with Gasteiger partial charge in [-0.05, 0) is 25.7 Å². The van der Waals surface area contributed by atoms with Crippen LogP contribution in [0, 0.1) is 6.42 Å². The average molecular weight is 195 g/mol. The Hall–Kier alpha value is -0.0800. The molecule has 81 valence electrons. The van der Waals surface area contributed by atoms with E-state index in [1.807, 2.05) is 0 Å². The molecule has 2 fully saturated rings. The number of hydrogen-bond donors (Lipinski definition) is 1. The van der Waals surface area contributed by atoms with Crippen LogP contribution < -0.4 is 5.32 Å². The third-order valence-corrected chi connectivity index (χ3v) is 3.57. The smallest absolute Gasteiger partial charge is 0.0110 e. The van der Waals surface area contributed by atoms with Crippen LogP contribution in [0.15, 0.2) is 0 Å². The van der Waals surface area contributed by atoms with Crippen LogP contribution in [0.5, 0.6) is 0 Å². The Morgan fingerprint density at radius 2 is 1.86 bits per heavy atom. The molecule has 1 saturated heterocycles. The van der Waals surface area contributed by atoms with E-state index in [9.17, 15) is 0 Å². The molecular weight excluding hydrogens is 172 g/mol. The summed E-state index contributed by atoms with van der Waals surface area (Å²) < 4.78 is 0. The average Bonchev–Trinajstić information content (AvgIpc) is 2.18. The molecule has 0 amide bonds. The molecule has 14 heavy (non-hydrogen) atoms. The van der Waals surface area contributed by atoms with E-state index in [2.05, 4.69) is 16.6 Å². The van der Waals surface area contributed by atoms with Crippen molar-refractivity contribution >= 4 is 0 Å². The lowest BCUT2D eigenvalue weighted by molar-refractivity contribution is 0.151. The summed E-state index contributed by atoms with van der Waals surface area (Å²) >= 11 is 0. The fourth-order valence-corrected chi connectivity index (χ4v) is 2.68. The first kappa shape index (κ1) is 10.4. The molecule has 1 N–H and O–H groups in total. The van der Waals surface area contributed by atoms with Gasteiger partial charge in [-0.15, -0.1) is 0 Å². The highest BCUT2D eigenvalue weighted by Gasteiger charge is 2.20. The summed E-state index contributed by atoms with van der Waals surface area (Å²) in [6.07, 6.45) is 10.9. The largest absolute Gasteiger partial charge is 0.314 e. The monoisotopic (exact) mass is 195 g/mol. The molecule has 1 aliphatic carbocycles. The highest BCUT2D eigenvalue weighted by molar-refractivity contribution is 4.81. The maximum absolute atomic E-state index is 3.43. The van der Waals surface area contributed by atoms with Crippen molar-refractivity contribution in [3.05, 3.63) is 6.42 Å². The molecule has 1 heterocycles. The molecule has 0 aromatic rings. The lowest BCUT2D eigenvalue weighted by Crippen LogP contribution is -2.48. The SMILES string of the molecule is [CH]1CCCCC(N2CCNCC2)CC1. The Balaban J connectivity index is 1.80. The van der Waals surface area contributed by atoms with Crippen LogP contribution in [0.25, 0.3) is 0 Å². The molecule has 0 aromatic carbocycles. The summed E-state index contributed by atoms with van der Waals surface area (Å²) in [7, 11) is 0. The van der Waals surface area contributed by atoms with E-state index in [4.69, 9.17) is 0 Å². The van der Waals surface area contributed by atoms with E-state index < -0.39 is 0 Å². The molecule has 1 radical (unpaired) electrons. The van der Waals surface area contributed by atoms with Crippen LogP contribution in [-0.2, 0) is 0 Å². The van der Waals surface area contributed by atoms with Gasteiger partial charge in [0.25, 0.3) is 0 Å². The van der Waals surface area contributed by atoms with Gasteiger partial charge in [-0.3, -0.25) is 4.90 Å². The molecule has 1 atom stereocenters. The molecule has 2 rings (SSSR count). The number of piperazine rings is 1. The molecule has 1 saturated carbocycles. The first-order valence-electron chi connectivity index (χ1n) is 6.23. The van der Waals surface area contributed by atoms with E-state index in [1.165, 1.54) is 64.7 Å². The summed E-state index contributed by atoms with van der Waals surface area (Å²) in [4.78, 5) is 2.70. The molecule has 0 bridgehead atoms. The van der Waals surface area contributed by atoms with Crippen LogP contribution in [0.1, 0.15) is 38.5 Å². The second kappa shape index (κ2) is 5.72. The minimum atomic E-state index is 0.883. The molecular formula is C12H23N2. The van der Waals surface area contributed by atoms with E-state index in [-0.39, 0.29) is 0 Å². The van der Waals surface area contributed by atoms with E-state index in [1.54, 1.807) is 0 Å². The van der Waals surface area contributed by atoms with Crippen molar-refractivity contribution in [2.75, 3.05) is 26.2 Å². The van der Waals surface area contributed by atoms with Crippen molar-refractivity contribution in [2.45, 2.75) is 44.6 Å². The third-order valence-electron chi connectivity index (χ3n) is 3.57. The van der Waals surface area contributed by atoms with Gasteiger partial charge in [0.1, 0.15) is 0 Å². The fourth-order valence-electron chi connectivity index (χ4n) is 2.68. The van der Waals surface area contributed by atoms with Gasteiger partial charge in [0.15, 0.2) is 0 Å². The molecule has 1 aliphatic heterocycles. The topological polar surface area (TPSA) is 15.3 Å². The molecule has 0 aromatic heterocycles. The van der Waals surface area contributed by atoms with Gasteiger partial charge in [0.2, 0.25) is 0 Å². The van der Waals surface area contributed by atoms with Gasteiger partial charge < -0.3 is 5.32 Å². The lowest BCUT2D eigenvalue weighted by Gasteiger charge is -2.35. The van der Waals surface area contributed by atoms with Gasteiger partial charge in [-0.2, -0.15) is 0 Å². The quantitative estimate of drug-likeness (QED) is 0.686. The van der Waals surface area contributed by atoms with Crippen LogP contribution in [0.4, 0.5) is 0 Å². The first-order chi connectivity index (χ1) is 6.97. The van der Waals surface area contributed by atoms with Gasteiger partial charge in [0, 0.05) is 32.2 Å². The van der Waals surface area contributed by atoms with Gasteiger partial charge in [-0.1, -0.05) is 19.3 Å². The predicted octanol–water partition coefficient (Wildman–Crippen LogP) is 1.82. The van der Waals surface area contributed by atoms with Gasteiger partial charge in [-0.25, -0.2) is 0 Å². The maximum Gasteiger partial charge on any atom is 0.0110 e. The normalized spacial score (nSPS) is 28.3. The van der Waals surface area contributed by atoms with Crippen LogP contribution in [-0.4, -0.2) is 37.1 Å². The second-order valence-corrected chi connectivity index (χ2v) is 4.59. The number of nitrogens with zero attached hydrogens (tertiary/aromatic N) is 1. The predicted molar refractivity (Wildman–Crippen MR) is 60.2 cm³/mol. The van der Waals surface area contributed by atoms with Crippen LogP contribution >= 0.6 is 0 Å². The lowest BCUT2D eigenvalue weighted by atomic mass is 9.95. The van der Waals surface area contributed by atoms with Crippen LogP contribution in [0.2, 0.25) is 0 Å². The third kappa shape index (κ3) is 2.96. The highest BCUT2D eigenvalue weighted by atomic mass is 15.2. The minimum Gasteiger partial charge on any atom is -0.314 e. The Morgan fingerprint density at radius 1 is 1.00 bits per heavy atom. The zero-order chi connectivity index (χ0) is 9.64. The minimum absolute atomic E-state index is 0.883. The highest BCUT2D eigenvalue weighted by Crippen LogP contribution is 2.20. The van der Waals surface area contributed by atoms with Crippen molar-refractivity contribution in [3.63, 3.8) is 0 Å². The standard InChI is InChI=1S/C12H23N2/c1-2-4-6-12(7-5-3-1)14-10-8-13-9-11-14/h2,12-13H,1,3-11H2. The second-order valence-electron chi connectivity index (χ2n) is 4.59. The summed E-state index contributed by atoms with van der Waals surface area (Å²) in [6.45, 7) is 4.93. The summed E-state index contributed by atoms with van der Waals surface area (Å²) in [5.41, 5.74) is 0. The maximum atomic E-state index is 3.43. The number of rotatable bonds is 1. The zero-order valence-electron chi connectivity index (χ0n) is 9.17. The Bertz CT molecular complexity index is 144. The number of nitrogens with one attached hydrogen (secondary N) is 1. The Labute approximate surface area is 88.1 Å². The molecule has 2 nitrogen and oxygen atoms in total. The van der Waals surface area contributed by atoms with Crippen molar-refractivity contribution < 1.29 is 0 Å². The van der Waals surface area contributed by atoms with Crippen LogP contribution in [0.3, 0.4) is 0 Å². The first-order valence-corrected chi connectivity index (χ1v) is 6.23. The molecule has 2 heteroatoms. The van der Waals surface area contributed by atoms with Crippen molar-refractivity contribution in [3.8, 4) is 0 Å². The Kier molecular flexibility index (Phi) is 4.26. The number of hydrogen-bond acceptors (Lipinski definition) is 2. The summed E-state index contributed by atoms with van der Waals surface area (Å²) in [5.74, 6) is 0. The van der Waals surface area contributed by atoms with E-state index >= 15 is 0 Å². The molecule has 0 spiro atoms. The fraction of sp³-hybridized carbons (Fsp3) is 0.917.